The Labute approximate surface area is 165 Å². The van der Waals surface area contributed by atoms with E-state index in [0.29, 0.717) is 12.0 Å². The van der Waals surface area contributed by atoms with Crippen LogP contribution < -0.4 is 0 Å². The molecule has 0 radical (unpaired) electrons. The highest BCUT2D eigenvalue weighted by Gasteiger charge is 2.42. The molecule has 2 aliphatic rings. The van der Waals surface area contributed by atoms with Crippen LogP contribution in [0.3, 0.4) is 0 Å². The molecule has 3 unspecified atom stereocenters. The third kappa shape index (κ3) is 2.75. The Kier molecular flexibility index (Phi) is 4.24. The number of methoxy groups -OCH3 is 1. The maximum atomic E-state index is 12.2. The Morgan fingerprint density at radius 3 is 2.75 bits per heavy atom. The molecule has 1 aliphatic heterocycles. The minimum absolute atomic E-state index is 0.0422. The molecule has 144 valence electrons. The van der Waals surface area contributed by atoms with E-state index in [9.17, 15) is 4.79 Å². The van der Waals surface area contributed by atoms with E-state index in [2.05, 4.69) is 71.2 Å². The van der Waals surface area contributed by atoms with Gasteiger partial charge in [-0.3, -0.25) is 4.79 Å². The molecule has 1 fully saturated rings. The second-order valence-corrected chi connectivity index (χ2v) is 8.28. The fourth-order valence-electron chi connectivity index (χ4n) is 5.37. The summed E-state index contributed by atoms with van der Waals surface area (Å²) in [6.07, 6.45) is 4.27. The maximum Gasteiger partial charge on any atom is 0.309 e. The summed E-state index contributed by atoms with van der Waals surface area (Å²) < 4.78 is 7.45. The van der Waals surface area contributed by atoms with E-state index in [1.807, 2.05) is 0 Å². The average molecular weight is 374 g/mol. The normalized spacial score (nSPS) is 24.1. The zero-order valence-electron chi connectivity index (χ0n) is 16.5. The van der Waals surface area contributed by atoms with Crippen molar-refractivity contribution >= 4 is 16.9 Å². The minimum Gasteiger partial charge on any atom is -0.469 e. The topological polar surface area (TPSA) is 34.5 Å². The van der Waals surface area contributed by atoms with E-state index in [-0.39, 0.29) is 11.9 Å². The van der Waals surface area contributed by atoms with Gasteiger partial charge in [0, 0.05) is 42.1 Å². The summed E-state index contributed by atoms with van der Waals surface area (Å²) in [7, 11) is 3.65. The monoisotopic (exact) mass is 374 g/mol. The van der Waals surface area contributed by atoms with Crippen LogP contribution in [0.5, 0.6) is 0 Å². The molecule has 3 atom stereocenters. The standard InChI is InChI=1S/C24H26N2O2/c1-25-14-18(24(27)28-2)11-20-19-9-6-10-21-23(19)17(12-22(20)25)15-26(21)13-16-7-4-3-5-8-16/h3-10,15,18,20,22H,11-14H2,1-2H3. The number of aromatic nitrogens is 1. The molecule has 1 aliphatic carbocycles. The zero-order chi connectivity index (χ0) is 19.3. The number of hydrogen-bond acceptors (Lipinski definition) is 3. The van der Waals surface area contributed by atoms with Crippen molar-refractivity contribution in [2.45, 2.75) is 31.3 Å². The fraction of sp³-hybridized carbons (Fsp3) is 0.375. The van der Waals surface area contributed by atoms with Crippen LogP contribution in [-0.4, -0.2) is 42.2 Å². The van der Waals surface area contributed by atoms with Gasteiger partial charge in [0.05, 0.1) is 13.0 Å². The Morgan fingerprint density at radius 1 is 1.14 bits per heavy atom. The molecule has 1 saturated heterocycles. The lowest BCUT2D eigenvalue weighted by atomic mass is 9.72. The molecule has 4 nitrogen and oxygen atoms in total. The Bertz CT molecular complexity index is 1020. The van der Waals surface area contributed by atoms with E-state index in [4.69, 9.17) is 4.74 Å². The second-order valence-electron chi connectivity index (χ2n) is 8.28. The van der Waals surface area contributed by atoms with Gasteiger partial charge in [-0.15, -0.1) is 0 Å². The van der Waals surface area contributed by atoms with Gasteiger partial charge in [-0.1, -0.05) is 42.5 Å². The number of carbonyl (C=O) groups is 1. The lowest BCUT2D eigenvalue weighted by Gasteiger charge is -2.44. The van der Waals surface area contributed by atoms with Crippen LogP contribution in [0, 0.1) is 5.92 Å². The number of nitrogens with zero attached hydrogens (tertiary/aromatic N) is 2. The molecule has 5 rings (SSSR count). The van der Waals surface area contributed by atoms with Crippen molar-refractivity contribution in [3.63, 3.8) is 0 Å². The van der Waals surface area contributed by atoms with Gasteiger partial charge in [0.15, 0.2) is 0 Å². The summed E-state index contributed by atoms with van der Waals surface area (Å²) in [5, 5.41) is 1.40. The molecular formula is C24H26N2O2. The number of hydrogen-bond donors (Lipinski definition) is 0. The van der Waals surface area contributed by atoms with E-state index < -0.39 is 0 Å². The van der Waals surface area contributed by atoms with Crippen LogP contribution >= 0.6 is 0 Å². The largest absolute Gasteiger partial charge is 0.469 e. The van der Waals surface area contributed by atoms with Crippen LogP contribution in [-0.2, 0) is 22.5 Å². The molecule has 2 heterocycles. The number of piperidine rings is 1. The van der Waals surface area contributed by atoms with Crippen molar-refractivity contribution in [3.8, 4) is 0 Å². The van der Waals surface area contributed by atoms with Gasteiger partial charge in [-0.2, -0.15) is 0 Å². The molecule has 0 spiro atoms. The minimum atomic E-state index is -0.0788. The van der Waals surface area contributed by atoms with Crippen molar-refractivity contribution < 1.29 is 9.53 Å². The highest BCUT2D eigenvalue weighted by Crippen LogP contribution is 2.45. The summed E-state index contributed by atoms with van der Waals surface area (Å²) >= 11 is 0. The third-order valence-electron chi connectivity index (χ3n) is 6.65. The summed E-state index contributed by atoms with van der Waals surface area (Å²) in [6.45, 7) is 1.67. The first-order valence-corrected chi connectivity index (χ1v) is 10.1. The summed E-state index contributed by atoms with van der Waals surface area (Å²) in [4.78, 5) is 14.6. The van der Waals surface area contributed by atoms with Crippen LogP contribution in [0.1, 0.15) is 29.0 Å². The number of carbonyl (C=O) groups excluding carboxylic acids is 1. The van der Waals surface area contributed by atoms with Crippen molar-refractivity contribution in [3.05, 3.63) is 71.4 Å². The number of ether oxygens (including phenoxy) is 1. The van der Waals surface area contributed by atoms with Gasteiger partial charge >= 0.3 is 5.97 Å². The van der Waals surface area contributed by atoms with Crippen molar-refractivity contribution in [1.29, 1.82) is 0 Å². The molecule has 1 aromatic heterocycles. The number of likely N-dealkylation sites (tertiary alicyclic amines) is 1. The first-order chi connectivity index (χ1) is 13.7. The molecule has 28 heavy (non-hydrogen) atoms. The first kappa shape index (κ1) is 17.5. The maximum absolute atomic E-state index is 12.2. The van der Waals surface area contributed by atoms with Crippen molar-refractivity contribution in [1.82, 2.24) is 9.47 Å². The predicted octanol–water partition coefficient (Wildman–Crippen LogP) is 3.82. The summed E-state index contributed by atoms with van der Waals surface area (Å²) in [5.74, 6) is 0.260. The number of esters is 1. The smallest absolute Gasteiger partial charge is 0.309 e. The number of fused-ring (bicyclic) bond motifs is 2. The van der Waals surface area contributed by atoms with E-state index in [0.717, 1.165) is 25.9 Å². The molecular weight excluding hydrogens is 348 g/mol. The molecule has 4 heteroatoms. The Morgan fingerprint density at radius 2 is 1.96 bits per heavy atom. The highest BCUT2D eigenvalue weighted by molar-refractivity contribution is 5.89. The van der Waals surface area contributed by atoms with Crippen LogP contribution in [0.2, 0.25) is 0 Å². The summed E-state index contributed by atoms with van der Waals surface area (Å²) in [6, 6.07) is 17.8. The third-order valence-corrected chi connectivity index (χ3v) is 6.65. The van der Waals surface area contributed by atoms with E-state index >= 15 is 0 Å². The van der Waals surface area contributed by atoms with Gasteiger partial charge in [0.2, 0.25) is 0 Å². The van der Waals surface area contributed by atoms with Crippen molar-refractivity contribution in [2.75, 3.05) is 20.7 Å². The molecule has 0 amide bonds. The molecule has 0 N–H and O–H groups in total. The molecule has 0 saturated carbocycles. The first-order valence-electron chi connectivity index (χ1n) is 10.1. The SMILES string of the molecule is COC(=O)C1CC2c3cccc4c3c(cn4Cc3ccccc3)CC2N(C)C1. The van der Waals surface area contributed by atoms with E-state index in [1.54, 1.807) is 0 Å². The van der Waals surface area contributed by atoms with E-state index in [1.165, 1.54) is 34.7 Å². The zero-order valence-corrected chi connectivity index (χ0v) is 16.5. The van der Waals surface area contributed by atoms with Crippen LogP contribution in [0.15, 0.2) is 54.7 Å². The van der Waals surface area contributed by atoms with Gasteiger partial charge < -0.3 is 14.2 Å². The quantitative estimate of drug-likeness (QED) is 0.654. The van der Waals surface area contributed by atoms with Gasteiger partial charge in [0.1, 0.15) is 0 Å². The van der Waals surface area contributed by atoms with Crippen LogP contribution in [0.4, 0.5) is 0 Å². The average Bonchev–Trinajstić information content (AvgIpc) is 3.07. The molecule has 3 aromatic rings. The van der Waals surface area contributed by atoms with Crippen LogP contribution in [0.25, 0.3) is 10.9 Å². The number of benzene rings is 2. The number of rotatable bonds is 3. The Hall–Kier alpha value is -2.59. The summed E-state index contributed by atoms with van der Waals surface area (Å²) in [5.41, 5.74) is 5.45. The van der Waals surface area contributed by atoms with Gasteiger partial charge in [0.25, 0.3) is 0 Å². The highest BCUT2D eigenvalue weighted by atomic mass is 16.5. The Balaban J connectivity index is 1.57. The van der Waals surface area contributed by atoms with Gasteiger partial charge in [-0.25, -0.2) is 0 Å². The van der Waals surface area contributed by atoms with Crippen molar-refractivity contribution in [2.24, 2.45) is 5.92 Å². The fourth-order valence-corrected chi connectivity index (χ4v) is 5.37. The lowest BCUT2D eigenvalue weighted by molar-refractivity contribution is -0.148. The number of likely N-dealkylation sites (N-methyl/N-ethyl adjacent to an activating group) is 1. The molecule has 0 bridgehead atoms. The van der Waals surface area contributed by atoms with Gasteiger partial charge in [-0.05, 0) is 42.6 Å². The predicted molar refractivity (Wildman–Crippen MR) is 110 cm³/mol. The second kappa shape index (κ2) is 6.78. The lowest BCUT2D eigenvalue weighted by Crippen LogP contribution is -2.49. The molecule has 2 aromatic carbocycles.